The van der Waals surface area contributed by atoms with Crippen LogP contribution in [0.4, 0.5) is 14.5 Å². The van der Waals surface area contributed by atoms with Gasteiger partial charge in [-0.05, 0) is 47.5 Å². The largest absolute Gasteiger partial charge is 0.366 e. The SMILES string of the molecule is O=C(c1ccc(CSc2nnc(Cc3ccccc3)n2-c2ccccc2F)cc1)N1CCN(c2ccccc2F)CC1. The molecule has 1 aliphatic heterocycles. The molecule has 1 aromatic heterocycles. The van der Waals surface area contributed by atoms with Gasteiger partial charge in [-0.1, -0.05) is 78.5 Å². The Morgan fingerprint density at radius 3 is 1.98 bits per heavy atom. The van der Waals surface area contributed by atoms with Crippen LogP contribution in [0.5, 0.6) is 0 Å². The first-order valence-corrected chi connectivity index (χ1v) is 14.8. The van der Waals surface area contributed by atoms with Gasteiger partial charge in [-0.25, -0.2) is 8.78 Å². The summed E-state index contributed by atoms with van der Waals surface area (Å²) in [5, 5.41) is 9.41. The van der Waals surface area contributed by atoms with Crippen LogP contribution in [0.3, 0.4) is 0 Å². The summed E-state index contributed by atoms with van der Waals surface area (Å²) in [6, 6.07) is 30.8. The molecule has 0 bridgehead atoms. The number of carbonyl (C=O) groups excluding carboxylic acids is 1. The lowest BCUT2D eigenvalue weighted by atomic mass is 10.1. The normalized spacial score (nSPS) is 13.4. The molecule has 0 radical (unpaired) electrons. The Morgan fingerprint density at radius 1 is 0.690 bits per heavy atom. The fourth-order valence-corrected chi connectivity index (χ4v) is 6.01. The number of nitrogens with zero attached hydrogens (tertiary/aromatic N) is 5. The summed E-state index contributed by atoms with van der Waals surface area (Å²) < 4.78 is 30.8. The predicted octanol–water partition coefficient (Wildman–Crippen LogP) is 6.39. The Bertz CT molecular complexity index is 1670. The van der Waals surface area contributed by atoms with Gasteiger partial charge in [0.05, 0.1) is 11.4 Å². The first kappa shape index (κ1) is 27.7. The summed E-state index contributed by atoms with van der Waals surface area (Å²) in [5.41, 5.74) is 3.67. The molecule has 0 unspecified atom stereocenters. The van der Waals surface area contributed by atoms with Crippen molar-refractivity contribution in [2.45, 2.75) is 17.3 Å². The molecule has 0 atom stereocenters. The number of carbonyl (C=O) groups is 1. The number of hydrogen-bond donors (Lipinski definition) is 0. The fraction of sp³-hybridized carbons (Fsp3) is 0.182. The molecule has 1 aliphatic rings. The number of rotatable bonds is 8. The zero-order valence-corrected chi connectivity index (χ0v) is 23.7. The maximum absolute atomic E-state index is 14.9. The lowest BCUT2D eigenvalue weighted by Crippen LogP contribution is -2.49. The van der Waals surface area contributed by atoms with Gasteiger partial charge < -0.3 is 9.80 Å². The Morgan fingerprint density at radius 2 is 1.31 bits per heavy atom. The van der Waals surface area contributed by atoms with E-state index < -0.39 is 0 Å². The molecule has 1 saturated heterocycles. The monoisotopic (exact) mass is 581 g/mol. The lowest BCUT2D eigenvalue weighted by molar-refractivity contribution is 0.0746. The van der Waals surface area contributed by atoms with Crippen LogP contribution in [-0.2, 0) is 12.2 Å². The summed E-state index contributed by atoms with van der Waals surface area (Å²) in [6.45, 7) is 2.22. The smallest absolute Gasteiger partial charge is 0.253 e. The zero-order valence-electron chi connectivity index (χ0n) is 22.9. The summed E-state index contributed by atoms with van der Waals surface area (Å²) in [4.78, 5) is 16.9. The van der Waals surface area contributed by atoms with Crippen molar-refractivity contribution >= 4 is 23.4 Å². The van der Waals surface area contributed by atoms with Crippen LogP contribution in [0.25, 0.3) is 5.69 Å². The van der Waals surface area contributed by atoms with E-state index in [0.29, 0.717) is 66.3 Å². The number of aromatic nitrogens is 3. The molecule has 2 heterocycles. The number of halogens is 2. The van der Waals surface area contributed by atoms with E-state index in [0.717, 1.165) is 11.1 Å². The van der Waals surface area contributed by atoms with Crippen molar-refractivity contribution < 1.29 is 13.6 Å². The third-order valence-electron chi connectivity index (χ3n) is 7.33. The van der Waals surface area contributed by atoms with Crippen LogP contribution >= 0.6 is 11.8 Å². The second kappa shape index (κ2) is 12.6. The fourth-order valence-electron chi connectivity index (χ4n) is 5.09. The first-order valence-electron chi connectivity index (χ1n) is 13.8. The van der Waals surface area contributed by atoms with Crippen molar-refractivity contribution in [2.75, 3.05) is 31.1 Å². The number of piperazine rings is 1. The molecular formula is C33H29F2N5OS. The highest BCUT2D eigenvalue weighted by Crippen LogP contribution is 2.28. The topological polar surface area (TPSA) is 54.3 Å². The van der Waals surface area contributed by atoms with E-state index in [-0.39, 0.29) is 17.5 Å². The van der Waals surface area contributed by atoms with Gasteiger partial charge in [-0.2, -0.15) is 0 Å². The van der Waals surface area contributed by atoms with Gasteiger partial charge in [-0.15, -0.1) is 10.2 Å². The molecule has 4 aromatic carbocycles. The van der Waals surface area contributed by atoms with Crippen molar-refractivity contribution in [3.63, 3.8) is 0 Å². The van der Waals surface area contributed by atoms with Crippen molar-refractivity contribution in [2.24, 2.45) is 0 Å². The predicted molar refractivity (Wildman–Crippen MR) is 161 cm³/mol. The number of thioether (sulfide) groups is 1. The number of amides is 1. The molecule has 42 heavy (non-hydrogen) atoms. The molecule has 9 heteroatoms. The Kier molecular flexibility index (Phi) is 8.28. The maximum atomic E-state index is 14.9. The molecule has 0 aliphatic carbocycles. The molecule has 0 spiro atoms. The highest BCUT2D eigenvalue weighted by atomic mass is 32.2. The molecule has 0 saturated carbocycles. The maximum Gasteiger partial charge on any atom is 0.253 e. The average molecular weight is 582 g/mol. The standard InChI is InChI=1S/C33H29F2N5OS/c34-27-10-4-6-12-29(27)38-18-20-39(21-19-38)32(41)26-16-14-25(15-17-26)23-42-33-37-36-31(22-24-8-2-1-3-9-24)40(33)30-13-7-5-11-28(30)35/h1-17H,18-23H2. The Hall–Kier alpha value is -4.50. The van der Waals surface area contributed by atoms with Crippen LogP contribution in [0.2, 0.25) is 0 Å². The third kappa shape index (κ3) is 6.06. The van der Waals surface area contributed by atoms with Crippen molar-refractivity contribution in [3.05, 3.63) is 137 Å². The van der Waals surface area contributed by atoms with Crippen LogP contribution < -0.4 is 4.90 Å². The van der Waals surface area contributed by atoms with E-state index in [1.165, 1.54) is 23.9 Å². The van der Waals surface area contributed by atoms with Gasteiger partial charge >= 0.3 is 0 Å². The highest BCUT2D eigenvalue weighted by molar-refractivity contribution is 7.98. The second-order valence-electron chi connectivity index (χ2n) is 10.1. The van der Waals surface area contributed by atoms with Crippen molar-refractivity contribution in [1.82, 2.24) is 19.7 Å². The van der Waals surface area contributed by atoms with Crippen molar-refractivity contribution in [1.29, 1.82) is 0 Å². The van der Waals surface area contributed by atoms with Gasteiger partial charge in [0, 0.05) is 43.9 Å². The number of hydrogen-bond acceptors (Lipinski definition) is 5. The minimum absolute atomic E-state index is 0.0350. The first-order chi connectivity index (χ1) is 20.6. The minimum atomic E-state index is -0.342. The summed E-state index contributed by atoms with van der Waals surface area (Å²) >= 11 is 1.47. The van der Waals surface area contributed by atoms with E-state index in [2.05, 4.69) is 10.2 Å². The van der Waals surface area contributed by atoms with E-state index in [4.69, 9.17) is 0 Å². The van der Waals surface area contributed by atoms with E-state index in [1.54, 1.807) is 34.9 Å². The number of anilines is 1. The lowest BCUT2D eigenvalue weighted by Gasteiger charge is -2.36. The van der Waals surface area contributed by atoms with E-state index in [9.17, 15) is 13.6 Å². The molecule has 5 aromatic rings. The summed E-state index contributed by atoms with van der Waals surface area (Å²) in [5.74, 6) is 0.613. The van der Waals surface area contributed by atoms with Crippen LogP contribution in [0, 0.1) is 11.6 Å². The average Bonchev–Trinajstić information content (AvgIpc) is 3.42. The van der Waals surface area contributed by atoms with Gasteiger partial charge in [0.15, 0.2) is 5.16 Å². The zero-order chi connectivity index (χ0) is 28.9. The van der Waals surface area contributed by atoms with E-state index in [1.807, 2.05) is 70.5 Å². The summed E-state index contributed by atoms with van der Waals surface area (Å²) in [6.07, 6.45) is 0.522. The summed E-state index contributed by atoms with van der Waals surface area (Å²) in [7, 11) is 0. The molecule has 0 N–H and O–H groups in total. The number of benzene rings is 4. The number of para-hydroxylation sites is 2. The quantitative estimate of drug-likeness (QED) is 0.199. The molecule has 212 valence electrons. The minimum Gasteiger partial charge on any atom is -0.366 e. The van der Waals surface area contributed by atoms with Crippen LogP contribution in [-0.4, -0.2) is 51.8 Å². The van der Waals surface area contributed by atoms with E-state index >= 15 is 0 Å². The van der Waals surface area contributed by atoms with Gasteiger partial charge in [0.1, 0.15) is 17.5 Å². The van der Waals surface area contributed by atoms with Gasteiger partial charge in [0.25, 0.3) is 5.91 Å². The second-order valence-corrected chi connectivity index (χ2v) is 11.0. The third-order valence-corrected chi connectivity index (χ3v) is 8.33. The van der Waals surface area contributed by atoms with Crippen molar-refractivity contribution in [3.8, 4) is 5.69 Å². The highest BCUT2D eigenvalue weighted by Gasteiger charge is 2.24. The van der Waals surface area contributed by atoms with Gasteiger partial charge in [0.2, 0.25) is 0 Å². The molecule has 6 nitrogen and oxygen atoms in total. The van der Waals surface area contributed by atoms with Gasteiger partial charge in [-0.3, -0.25) is 9.36 Å². The Balaban J connectivity index is 1.12. The molecule has 6 rings (SSSR count). The molecule has 1 fully saturated rings. The molecule has 1 amide bonds. The molecular weight excluding hydrogens is 552 g/mol. The van der Waals surface area contributed by atoms with Crippen LogP contribution in [0.1, 0.15) is 27.3 Å². The van der Waals surface area contributed by atoms with Crippen LogP contribution in [0.15, 0.2) is 108 Å². The Labute approximate surface area is 247 Å².